The molecule has 1 aromatic heterocycles. The molecule has 1 aromatic carbocycles. The van der Waals surface area contributed by atoms with Crippen molar-refractivity contribution in [3.05, 3.63) is 45.6 Å². The maximum absolute atomic E-state index is 12.0. The number of hydrogen-bond acceptors (Lipinski definition) is 4. The van der Waals surface area contributed by atoms with E-state index in [1.165, 1.54) is 4.88 Å². The summed E-state index contributed by atoms with van der Waals surface area (Å²) in [5.41, 5.74) is 6.88. The van der Waals surface area contributed by atoms with Crippen LogP contribution < -0.4 is 11.1 Å². The summed E-state index contributed by atoms with van der Waals surface area (Å²) in [6, 6.07) is 9.18. The van der Waals surface area contributed by atoms with Crippen molar-refractivity contribution in [1.82, 2.24) is 4.90 Å². The monoisotopic (exact) mass is 323 g/mol. The van der Waals surface area contributed by atoms with Gasteiger partial charge in [-0.3, -0.25) is 9.69 Å². The van der Waals surface area contributed by atoms with Crippen LogP contribution in [0.4, 0.5) is 11.4 Å². The van der Waals surface area contributed by atoms with Crippen LogP contribution >= 0.6 is 22.9 Å². The predicted molar refractivity (Wildman–Crippen MR) is 90.0 cm³/mol. The van der Waals surface area contributed by atoms with Gasteiger partial charge in [0.15, 0.2) is 0 Å². The van der Waals surface area contributed by atoms with E-state index < -0.39 is 0 Å². The van der Waals surface area contributed by atoms with Crippen LogP contribution in [0.2, 0.25) is 5.02 Å². The molecule has 0 radical (unpaired) electrons. The maximum Gasteiger partial charge on any atom is 0.238 e. The first-order valence-corrected chi connectivity index (χ1v) is 7.86. The molecule has 3 N–H and O–H groups in total. The molecule has 0 unspecified atom stereocenters. The molecule has 6 heteroatoms. The lowest BCUT2D eigenvalue weighted by Gasteiger charge is -2.16. The number of anilines is 2. The van der Waals surface area contributed by atoms with Crippen LogP contribution in [-0.4, -0.2) is 30.9 Å². The molecule has 2 rings (SSSR count). The number of amides is 1. The van der Waals surface area contributed by atoms with E-state index in [4.69, 9.17) is 17.3 Å². The zero-order chi connectivity index (χ0) is 15.2. The van der Waals surface area contributed by atoms with Gasteiger partial charge in [0.2, 0.25) is 5.91 Å². The molecule has 112 valence electrons. The molecule has 0 saturated carbocycles. The van der Waals surface area contributed by atoms with Crippen LogP contribution in [0, 0.1) is 0 Å². The first-order valence-electron chi connectivity index (χ1n) is 6.60. The van der Waals surface area contributed by atoms with Crippen molar-refractivity contribution in [2.45, 2.75) is 6.42 Å². The average molecular weight is 324 g/mol. The third-order valence-corrected chi connectivity index (χ3v) is 4.19. The first kappa shape index (κ1) is 15.8. The molecule has 0 spiro atoms. The SMILES string of the molecule is CN(CCc1cccs1)CC(=O)Nc1ccc(Cl)cc1N. The highest BCUT2D eigenvalue weighted by atomic mass is 35.5. The van der Waals surface area contributed by atoms with Gasteiger partial charge in [-0.1, -0.05) is 17.7 Å². The molecule has 2 aromatic rings. The minimum Gasteiger partial charge on any atom is -0.397 e. The molecule has 0 fully saturated rings. The molecule has 4 nitrogen and oxygen atoms in total. The summed E-state index contributed by atoms with van der Waals surface area (Å²) < 4.78 is 0. The standard InChI is InChI=1S/C15H18ClN3OS/c1-19(7-6-12-3-2-8-21-12)10-15(20)18-14-5-4-11(16)9-13(14)17/h2-5,8-9H,6-7,10,17H2,1H3,(H,18,20). The van der Waals surface area contributed by atoms with Crippen molar-refractivity contribution in [2.75, 3.05) is 31.2 Å². The smallest absolute Gasteiger partial charge is 0.238 e. The van der Waals surface area contributed by atoms with E-state index in [9.17, 15) is 4.79 Å². The summed E-state index contributed by atoms with van der Waals surface area (Å²) in [5.74, 6) is -0.0855. The van der Waals surface area contributed by atoms with Crippen molar-refractivity contribution in [1.29, 1.82) is 0 Å². The lowest BCUT2D eigenvalue weighted by Crippen LogP contribution is -2.31. The summed E-state index contributed by atoms with van der Waals surface area (Å²) in [6.45, 7) is 1.16. The number of benzene rings is 1. The highest BCUT2D eigenvalue weighted by Crippen LogP contribution is 2.22. The summed E-state index contributed by atoms with van der Waals surface area (Å²) in [5, 5.41) is 5.41. The quantitative estimate of drug-likeness (QED) is 0.803. The number of nitrogens with one attached hydrogen (secondary N) is 1. The number of nitrogen functional groups attached to an aromatic ring is 1. The van der Waals surface area contributed by atoms with Gasteiger partial charge in [-0.25, -0.2) is 0 Å². The van der Waals surface area contributed by atoms with Gasteiger partial charge in [-0.15, -0.1) is 11.3 Å². The minimum absolute atomic E-state index is 0.0855. The third-order valence-electron chi connectivity index (χ3n) is 3.02. The molecule has 1 amide bonds. The second-order valence-corrected chi connectivity index (χ2v) is 6.32. The predicted octanol–water partition coefficient (Wildman–Crippen LogP) is 3.10. The van der Waals surface area contributed by atoms with Crippen molar-refractivity contribution >= 4 is 40.2 Å². The van der Waals surface area contributed by atoms with Crippen molar-refractivity contribution < 1.29 is 4.79 Å². The van der Waals surface area contributed by atoms with Crippen LogP contribution in [0.15, 0.2) is 35.7 Å². The molecule has 0 aliphatic carbocycles. The fraction of sp³-hybridized carbons (Fsp3) is 0.267. The summed E-state index contributed by atoms with van der Waals surface area (Å²) in [7, 11) is 1.93. The van der Waals surface area contributed by atoms with E-state index in [0.29, 0.717) is 22.9 Å². The lowest BCUT2D eigenvalue weighted by molar-refractivity contribution is -0.117. The number of carbonyl (C=O) groups excluding carboxylic acids is 1. The minimum atomic E-state index is -0.0855. The number of nitrogens with zero attached hydrogens (tertiary/aromatic N) is 1. The summed E-state index contributed by atoms with van der Waals surface area (Å²) in [6.07, 6.45) is 0.949. The van der Waals surface area contributed by atoms with Crippen LogP contribution in [0.3, 0.4) is 0 Å². The first-order chi connectivity index (χ1) is 10.0. The van der Waals surface area contributed by atoms with Gasteiger partial charge < -0.3 is 11.1 Å². The third kappa shape index (κ3) is 5.04. The number of nitrogens with two attached hydrogens (primary N) is 1. The van der Waals surface area contributed by atoms with Gasteiger partial charge in [0.25, 0.3) is 0 Å². The van der Waals surface area contributed by atoms with Gasteiger partial charge in [0, 0.05) is 16.4 Å². The van der Waals surface area contributed by atoms with E-state index in [2.05, 4.69) is 16.8 Å². The van der Waals surface area contributed by atoms with Gasteiger partial charge in [-0.2, -0.15) is 0 Å². The molecular weight excluding hydrogens is 306 g/mol. The zero-order valence-corrected chi connectivity index (χ0v) is 13.4. The van der Waals surface area contributed by atoms with Crippen LogP contribution in [-0.2, 0) is 11.2 Å². The Balaban J connectivity index is 1.80. The molecule has 1 heterocycles. The normalized spacial score (nSPS) is 10.8. The Hall–Kier alpha value is -1.56. The average Bonchev–Trinajstić information content (AvgIpc) is 2.93. The van der Waals surface area contributed by atoms with Crippen LogP contribution in [0.1, 0.15) is 4.88 Å². The number of rotatable bonds is 6. The lowest BCUT2D eigenvalue weighted by atomic mass is 10.2. The van der Waals surface area contributed by atoms with E-state index in [0.717, 1.165) is 13.0 Å². The number of hydrogen-bond donors (Lipinski definition) is 2. The van der Waals surface area contributed by atoms with Gasteiger partial charge in [0.1, 0.15) is 0 Å². The number of halogens is 1. The van der Waals surface area contributed by atoms with E-state index in [-0.39, 0.29) is 5.91 Å². The second-order valence-electron chi connectivity index (χ2n) is 4.85. The number of carbonyl (C=O) groups is 1. The Bertz CT molecular complexity index is 601. The number of thiophene rings is 1. The molecule has 0 atom stereocenters. The fourth-order valence-corrected chi connectivity index (χ4v) is 2.80. The topological polar surface area (TPSA) is 58.4 Å². The van der Waals surface area contributed by atoms with E-state index in [1.54, 1.807) is 29.5 Å². The summed E-state index contributed by atoms with van der Waals surface area (Å²) in [4.78, 5) is 15.3. The van der Waals surface area contributed by atoms with Crippen molar-refractivity contribution in [3.8, 4) is 0 Å². The van der Waals surface area contributed by atoms with Gasteiger partial charge >= 0.3 is 0 Å². The summed E-state index contributed by atoms with van der Waals surface area (Å²) >= 11 is 7.56. The zero-order valence-electron chi connectivity index (χ0n) is 11.8. The Morgan fingerprint density at radius 3 is 2.90 bits per heavy atom. The number of likely N-dealkylation sites (N-methyl/N-ethyl adjacent to an activating group) is 1. The van der Waals surface area contributed by atoms with Crippen LogP contribution in [0.25, 0.3) is 0 Å². The largest absolute Gasteiger partial charge is 0.397 e. The van der Waals surface area contributed by atoms with E-state index in [1.807, 2.05) is 18.0 Å². The molecule has 0 bridgehead atoms. The molecular formula is C15H18ClN3OS. The van der Waals surface area contributed by atoms with Crippen molar-refractivity contribution in [3.63, 3.8) is 0 Å². The highest BCUT2D eigenvalue weighted by Gasteiger charge is 2.09. The van der Waals surface area contributed by atoms with Crippen molar-refractivity contribution in [2.24, 2.45) is 0 Å². The highest BCUT2D eigenvalue weighted by molar-refractivity contribution is 7.09. The fourth-order valence-electron chi connectivity index (χ4n) is 1.92. The maximum atomic E-state index is 12.0. The van der Waals surface area contributed by atoms with Gasteiger partial charge in [-0.05, 0) is 43.1 Å². The van der Waals surface area contributed by atoms with Crippen LogP contribution in [0.5, 0.6) is 0 Å². The van der Waals surface area contributed by atoms with Gasteiger partial charge in [0.05, 0.1) is 17.9 Å². The Kier molecular flexibility index (Phi) is 5.61. The second kappa shape index (κ2) is 7.45. The molecule has 21 heavy (non-hydrogen) atoms. The molecule has 0 aliphatic rings. The molecule has 0 aliphatic heterocycles. The van der Waals surface area contributed by atoms with E-state index >= 15 is 0 Å². The Labute approximate surface area is 133 Å². The Morgan fingerprint density at radius 2 is 2.24 bits per heavy atom. The Morgan fingerprint density at radius 1 is 1.43 bits per heavy atom. The molecule has 0 saturated heterocycles.